The van der Waals surface area contributed by atoms with E-state index in [1.54, 1.807) is 6.92 Å². The molecule has 0 spiro atoms. The zero-order valence-corrected chi connectivity index (χ0v) is 18.8. The molecule has 3 nitrogen and oxygen atoms in total. The van der Waals surface area contributed by atoms with Gasteiger partial charge in [-0.15, -0.1) is 0 Å². The Labute approximate surface area is 185 Å². The molecular weight excluding hydrogens is 394 g/mol. The first-order chi connectivity index (χ1) is 14.4. The van der Waals surface area contributed by atoms with Gasteiger partial charge in [0.05, 0.1) is 0 Å². The SMILES string of the molecule is CC(=O)CCCNC(=O)c1ccc([C@@H]2CC[C@H](C[C@H](C)c3cccc(Cl)c3)C2)cc1. The second kappa shape index (κ2) is 10.8. The van der Waals surface area contributed by atoms with Crippen molar-refractivity contribution in [3.05, 3.63) is 70.2 Å². The summed E-state index contributed by atoms with van der Waals surface area (Å²) in [5.74, 6) is 1.92. The molecule has 1 saturated carbocycles. The molecule has 0 heterocycles. The molecule has 3 atom stereocenters. The van der Waals surface area contributed by atoms with Crippen molar-refractivity contribution in [3.63, 3.8) is 0 Å². The molecule has 30 heavy (non-hydrogen) atoms. The maximum atomic E-state index is 12.2. The maximum absolute atomic E-state index is 12.2. The first kappa shape index (κ1) is 22.6. The van der Waals surface area contributed by atoms with Gasteiger partial charge in [-0.1, -0.05) is 42.8 Å². The number of amides is 1. The summed E-state index contributed by atoms with van der Waals surface area (Å²) in [4.78, 5) is 23.2. The minimum atomic E-state index is -0.0650. The van der Waals surface area contributed by atoms with Gasteiger partial charge in [-0.25, -0.2) is 0 Å². The lowest BCUT2D eigenvalue weighted by Crippen LogP contribution is -2.24. The van der Waals surface area contributed by atoms with Crippen molar-refractivity contribution in [3.8, 4) is 0 Å². The van der Waals surface area contributed by atoms with Gasteiger partial charge in [-0.05, 0) is 92.2 Å². The van der Waals surface area contributed by atoms with Gasteiger partial charge in [-0.2, -0.15) is 0 Å². The Hall–Kier alpha value is -2.13. The predicted molar refractivity (Wildman–Crippen MR) is 123 cm³/mol. The smallest absolute Gasteiger partial charge is 0.251 e. The molecule has 0 radical (unpaired) electrons. The number of carbonyl (C=O) groups excluding carboxylic acids is 2. The zero-order chi connectivity index (χ0) is 21.5. The highest BCUT2D eigenvalue weighted by Crippen LogP contribution is 2.42. The van der Waals surface area contributed by atoms with E-state index < -0.39 is 0 Å². The molecule has 1 amide bonds. The summed E-state index contributed by atoms with van der Waals surface area (Å²) in [5, 5.41) is 3.70. The lowest BCUT2D eigenvalue weighted by Gasteiger charge is -2.18. The fraction of sp³-hybridized carbons (Fsp3) is 0.462. The molecule has 0 aliphatic heterocycles. The summed E-state index contributed by atoms with van der Waals surface area (Å²) in [6.07, 6.45) is 6.07. The Morgan fingerprint density at radius 3 is 2.60 bits per heavy atom. The Morgan fingerprint density at radius 1 is 1.13 bits per heavy atom. The molecule has 4 heteroatoms. The van der Waals surface area contributed by atoms with Gasteiger partial charge in [-0.3, -0.25) is 4.79 Å². The van der Waals surface area contributed by atoms with Crippen molar-refractivity contribution >= 4 is 23.3 Å². The minimum Gasteiger partial charge on any atom is -0.352 e. The van der Waals surface area contributed by atoms with Crippen molar-refractivity contribution in [1.82, 2.24) is 5.32 Å². The van der Waals surface area contributed by atoms with Crippen LogP contribution < -0.4 is 5.32 Å². The zero-order valence-electron chi connectivity index (χ0n) is 18.0. The Balaban J connectivity index is 1.49. The number of hydrogen-bond donors (Lipinski definition) is 1. The number of benzene rings is 2. The number of nitrogens with one attached hydrogen (secondary N) is 1. The van der Waals surface area contributed by atoms with E-state index in [2.05, 4.69) is 36.5 Å². The highest BCUT2D eigenvalue weighted by atomic mass is 35.5. The van der Waals surface area contributed by atoms with E-state index in [-0.39, 0.29) is 11.7 Å². The summed E-state index contributed by atoms with van der Waals surface area (Å²) in [5.41, 5.74) is 3.34. The van der Waals surface area contributed by atoms with E-state index in [9.17, 15) is 9.59 Å². The van der Waals surface area contributed by atoms with Crippen LogP contribution in [0.25, 0.3) is 0 Å². The van der Waals surface area contributed by atoms with Crippen molar-refractivity contribution in [1.29, 1.82) is 0 Å². The average Bonchev–Trinajstić information content (AvgIpc) is 3.19. The van der Waals surface area contributed by atoms with Gasteiger partial charge in [0.15, 0.2) is 0 Å². The normalized spacial score (nSPS) is 19.4. The molecule has 3 rings (SSSR count). The van der Waals surface area contributed by atoms with Crippen LogP contribution in [-0.4, -0.2) is 18.2 Å². The maximum Gasteiger partial charge on any atom is 0.251 e. The van der Waals surface area contributed by atoms with Crippen LogP contribution in [0.2, 0.25) is 5.02 Å². The number of halogens is 1. The van der Waals surface area contributed by atoms with Crippen LogP contribution in [0, 0.1) is 5.92 Å². The molecule has 0 unspecified atom stereocenters. The van der Waals surface area contributed by atoms with E-state index in [0.29, 0.717) is 36.8 Å². The van der Waals surface area contributed by atoms with E-state index in [1.807, 2.05) is 24.3 Å². The summed E-state index contributed by atoms with van der Waals surface area (Å²) in [6.45, 7) is 4.41. The molecule has 1 N–H and O–H groups in total. The third-order valence-electron chi connectivity index (χ3n) is 6.28. The highest BCUT2D eigenvalue weighted by molar-refractivity contribution is 6.30. The number of carbonyl (C=O) groups is 2. The lowest BCUT2D eigenvalue weighted by molar-refractivity contribution is -0.117. The van der Waals surface area contributed by atoms with Crippen molar-refractivity contribution < 1.29 is 9.59 Å². The average molecular weight is 426 g/mol. The number of ketones is 1. The molecule has 0 saturated heterocycles. The molecule has 0 aromatic heterocycles. The standard InChI is InChI=1S/C26H32ClNO2/c1-18(23-6-3-7-25(27)17-23)15-20-8-9-24(16-20)21-10-12-22(13-11-21)26(30)28-14-4-5-19(2)29/h3,6-7,10-13,17-18,20,24H,4-5,8-9,14-16H2,1-2H3,(H,28,30)/t18-,20+,24+/m0/s1. The van der Waals surface area contributed by atoms with Crippen LogP contribution >= 0.6 is 11.6 Å². The molecule has 2 aromatic carbocycles. The molecule has 1 fully saturated rings. The van der Waals surface area contributed by atoms with Crippen molar-refractivity contribution in [2.75, 3.05) is 6.54 Å². The quantitative estimate of drug-likeness (QED) is 0.465. The molecule has 1 aliphatic carbocycles. The number of hydrogen-bond acceptors (Lipinski definition) is 2. The molecule has 2 aromatic rings. The van der Waals surface area contributed by atoms with Gasteiger partial charge in [0, 0.05) is 23.6 Å². The van der Waals surface area contributed by atoms with E-state index >= 15 is 0 Å². The Bertz CT molecular complexity index is 862. The van der Waals surface area contributed by atoms with E-state index in [4.69, 9.17) is 11.6 Å². The predicted octanol–water partition coefficient (Wildman–Crippen LogP) is 6.52. The summed E-state index contributed by atoms with van der Waals surface area (Å²) in [7, 11) is 0. The van der Waals surface area contributed by atoms with Gasteiger partial charge >= 0.3 is 0 Å². The molecule has 1 aliphatic rings. The molecular formula is C26H32ClNO2. The fourth-order valence-corrected chi connectivity index (χ4v) is 4.79. The first-order valence-electron chi connectivity index (χ1n) is 11.1. The second-order valence-electron chi connectivity index (χ2n) is 8.75. The summed E-state index contributed by atoms with van der Waals surface area (Å²) < 4.78 is 0. The van der Waals surface area contributed by atoms with Crippen LogP contribution in [-0.2, 0) is 4.79 Å². The van der Waals surface area contributed by atoms with Crippen LogP contribution in [0.5, 0.6) is 0 Å². The third kappa shape index (κ3) is 6.43. The number of Topliss-reactive ketones (excluding diaryl/α,β-unsaturated/α-hetero) is 1. The lowest BCUT2D eigenvalue weighted by atomic mass is 9.88. The van der Waals surface area contributed by atoms with Crippen LogP contribution in [0.1, 0.15) is 85.7 Å². The Morgan fingerprint density at radius 2 is 1.90 bits per heavy atom. The Kier molecular flexibility index (Phi) is 8.09. The highest BCUT2D eigenvalue weighted by Gasteiger charge is 2.27. The number of rotatable bonds is 9. The van der Waals surface area contributed by atoms with Crippen LogP contribution in [0.4, 0.5) is 0 Å². The monoisotopic (exact) mass is 425 g/mol. The molecule has 0 bridgehead atoms. The largest absolute Gasteiger partial charge is 0.352 e. The molecule has 160 valence electrons. The van der Waals surface area contributed by atoms with Crippen molar-refractivity contribution in [2.45, 2.75) is 64.2 Å². The van der Waals surface area contributed by atoms with Gasteiger partial charge in [0.1, 0.15) is 5.78 Å². The minimum absolute atomic E-state index is 0.0650. The van der Waals surface area contributed by atoms with Gasteiger partial charge in [0.2, 0.25) is 0 Å². The van der Waals surface area contributed by atoms with Crippen LogP contribution in [0.15, 0.2) is 48.5 Å². The third-order valence-corrected chi connectivity index (χ3v) is 6.52. The van der Waals surface area contributed by atoms with Gasteiger partial charge < -0.3 is 10.1 Å². The van der Waals surface area contributed by atoms with Gasteiger partial charge in [0.25, 0.3) is 5.91 Å². The fourth-order valence-electron chi connectivity index (χ4n) is 4.59. The topological polar surface area (TPSA) is 46.2 Å². The first-order valence-corrected chi connectivity index (χ1v) is 11.4. The van der Waals surface area contributed by atoms with E-state index in [0.717, 1.165) is 10.9 Å². The summed E-state index contributed by atoms with van der Waals surface area (Å²) in [6, 6.07) is 16.3. The van der Waals surface area contributed by atoms with Crippen LogP contribution in [0.3, 0.4) is 0 Å². The van der Waals surface area contributed by atoms with E-state index in [1.165, 1.54) is 36.8 Å². The summed E-state index contributed by atoms with van der Waals surface area (Å²) >= 11 is 6.15. The second-order valence-corrected chi connectivity index (χ2v) is 9.19. The van der Waals surface area contributed by atoms with Crippen molar-refractivity contribution in [2.24, 2.45) is 5.92 Å².